The molecule has 0 heteroatoms. The molecule has 0 nitrogen and oxygen atoms in total. The van der Waals surface area contributed by atoms with E-state index in [1.807, 2.05) is 0 Å². The van der Waals surface area contributed by atoms with E-state index in [9.17, 15) is 0 Å². The van der Waals surface area contributed by atoms with E-state index in [2.05, 4.69) is 39.8 Å². The van der Waals surface area contributed by atoms with Crippen LogP contribution in [0.2, 0.25) is 0 Å². The van der Waals surface area contributed by atoms with Crippen LogP contribution in [0, 0.1) is 6.92 Å². The van der Waals surface area contributed by atoms with Crippen LogP contribution in [0.25, 0.3) is 0 Å². The number of rotatable bonds is 8. The Labute approximate surface area is 96.5 Å². The maximum Gasteiger partial charge on any atom is -0.0164 e. The fourth-order valence-electron chi connectivity index (χ4n) is 1.64. The van der Waals surface area contributed by atoms with Gasteiger partial charge >= 0.3 is 0 Å². The van der Waals surface area contributed by atoms with Crippen LogP contribution in [0.3, 0.4) is 0 Å². The second kappa shape index (κ2) is 10.0. The summed E-state index contributed by atoms with van der Waals surface area (Å²) in [6.45, 7) is 10.8. The first kappa shape index (κ1) is 14.5. The molecule has 15 heavy (non-hydrogen) atoms. The molecule has 0 N–H and O–H groups in total. The Bertz CT molecular complexity index is 196. The summed E-state index contributed by atoms with van der Waals surface area (Å²) in [6.07, 6.45) is 13.2. The third-order valence-electron chi connectivity index (χ3n) is 2.69. The van der Waals surface area contributed by atoms with E-state index < -0.39 is 0 Å². The summed E-state index contributed by atoms with van der Waals surface area (Å²) >= 11 is 0. The summed E-state index contributed by atoms with van der Waals surface area (Å²) in [7, 11) is 0. The van der Waals surface area contributed by atoms with Crippen molar-refractivity contribution >= 4 is 0 Å². The summed E-state index contributed by atoms with van der Waals surface area (Å²) in [5.74, 6) is 0. The number of unbranched alkanes of at least 4 members (excludes halogenated alkanes) is 1. The number of hydrogen-bond donors (Lipinski definition) is 0. The Morgan fingerprint density at radius 2 is 1.73 bits per heavy atom. The quantitative estimate of drug-likeness (QED) is 0.463. The van der Waals surface area contributed by atoms with Crippen LogP contribution in [0.1, 0.15) is 65.7 Å². The molecule has 0 unspecified atom stereocenters. The molecule has 0 atom stereocenters. The van der Waals surface area contributed by atoms with Gasteiger partial charge in [0.1, 0.15) is 0 Å². The molecule has 0 heterocycles. The first-order valence-corrected chi connectivity index (χ1v) is 6.43. The van der Waals surface area contributed by atoms with Crippen molar-refractivity contribution in [3.05, 3.63) is 30.2 Å². The molecule has 0 aromatic carbocycles. The molecule has 0 amide bonds. The minimum Gasteiger partial charge on any atom is -0.0815 e. The van der Waals surface area contributed by atoms with E-state index in [0.29, 0.717) is 0 Å². The SMILES string of the molecule is [CH2]C(=CCC=C(CC)CCCC)CCC. The number of allylic oxidation sites excluding steroid dienone is 4. The number of hydrogen-bond acceptors (Lipinski definition) is 0. The zero-order valence-electron chi connectivity index (χ0n) is 10.8. The molecule has 1 radical (unpaired) electrons. The molecule has 0 aromatic rings. The molecular weight excluding hydrogens is 180 g/mol. The highest BCUT2D eigenvalue weighted by Gasteiger charge is 1.93. The normalized spacial score (nSPS) is 13.3. The summed E-state index contributed by atoms with van der Waals surface area (Å²) in [5, 5.41) is 0. The lowest BCUT2D eigenvalue weighted by Gasteiger charge is -2.02. The zero-order chi connectivity index (χ0) is 11.5. The van der Waals surface area contributed by atoms with Crippen molar-refractivity contribution in [1.29, 1.82) is 0 Å². The summed E-state index contributed by atoms with van der Waals surface area (Å²) < 4.78 is 0. The smallest absolute Gasteiger partial charge is 0.0164 e. The van der Waals surface area contributed by atoms with Gasteiger partial charge in [0.15, 0.2) is 0 Å². The highest BCUT2D eigenvalue weighted by molar-refractivity contribution is 5.10. The van der Waals surface area contributed by atoms with Gasteiger partial charge in [0.05, 0.1) is 0 Å². The summed E-state index contributed by atoms with van der Waals surface area (Å²) in [4.78, 5) is 0. The fraction of sp³-hybridized carbons (Fsp3) is 0.667. The predicted octanol–water partition coefficient (Wildman–Crippen LogP) is 5.46. The Balaban J connectivity index is 3.93. The molecular formula is C15H27. The lowest BCUT2D eigenvalue weighted by molar-refractivity contribution is 0.763. The van der Waals surface area contributed by atoms with Crippen LogP contribution in [0.4, 0.5) is 0 Å². The van der Waals surface area contributed by atoms with Gasteiger partial charge in [0.2, 0.25) is 0 Å². The van der Waals surface area contributed by atoms with Gasteiger partial charge in [0.25, 0.3) is 0 Å². The van der Waals surface area contributed by atoms with Crippen LogP contribution < -0.4 is 0 Å². The Kier molecular flexibility index (Phi) is 9.67. The lowest BCUT2D eigenvalue weighted by atomic mass is 10.0. The van der Waals surface area contributed by atoms with Gasteiger partial charge in [-0.05, 0) is 39.0 Å². The van der Waals surface area contributed by atoms with E-state index in [0.717, 1.165) is 12.8 Å². The van der Waals surface area contributed by atoms with Crippen molar-refractivity contribution < 1.29 is 0 Å². The molecule has 0 aromatic heterocycles. The predicted molar refractivity (Wildman–Crippen MR) is 70.9 cm³/mol. The highest BCUT2D eigenvalue weighted by atomic mass is 14.0. The maximum atomic E-state index is 4.04. The molecule has 0 aliphatic rings. The Hall–Kier alpha value is -0.520. The molecule has 0 saturated carbocycles. The second-order valence-corrected chi connectivity index (χ2v) is 4.17. The second-order valence-electron chi connectivity index (χ2n) is 4.17. The molecule has 0 bridgehead atoms. The van der Waals surface area contributed by atoms with E-state index in [1.54, 1.807) is 5.57 Å². The molecule has 0 aliphatic carbocycles. The van der Waals surface area contributed by atoms with Crippen LogP contribution >= 0.6 is 0 Å². The minimum atomic E-state index is 1.08. The zero-order valence-corrected chi connectivity index (χ0v) is 10.8. The highest BCUT2D eigenvalue weighted by Crippen LogP contribution is 2.13. The van der Waals surface area contributed by atoms with Crippen molar-refractivity contribution in [3.63, 3.8) is 0 Å². The molecule has 0 spiro atoms. The van der Waals surface area contributed by atoms with Gasteiger partial charge in [-0.3, -0.25) is 0 Å². The first-order chi connectivity index (χ1) is 7.24. The average Bonchev–Trinajstić information content (AvgIpc) is 2.23. The molecule has 0 rings (SSSR count). The Morgan fingerprint density at radius 1 is 1.00 bits per heavy atom. The Morgan fingerprint density at radius 3 is 2.27 bits per heavy atom. The minimum absolute atomic E-state index is 1.08. The topological polar surface area (TPSA) is 0 Å². The van der Waals surface area contributed by atoms with Gasteiger partial charge in [0, 0.05) is 0 Å². The van der Waals surface area contributed by atoms with Gasteiger partial charge < -0.3 is 0 Å². The molecule has 87 valence electrons. The third-order valence-corrected chi connectivity index (χ3v) is 2.69. The van der Waals surface area contributed by atoms with E-state index in [1.165, 1.54) is 37.7 Å². The first-order valence-electron chi connectivity index (χ1n) is 6.43. The van der Waals surface area contributed by atoms with Crippen LogP contribution in [0.5, 0.6) is 0 Å². The largest absolute Gasteiger partial charge is 0.0815 e. The maximum absolute atomic E-state index is 4.04. The molecule has 0 saturated heterocycles. The third kappa shape index (κ3) is 8.47. The lowest BCUT2D eigenvalue weighted by Crippen LogP contribution is -1.82. The van der Waals surface area contributed by atoms with Crippen molar-refractivity contribution in [2.45, 2.75) is 65.7 Å². The van der Waals surface area contributed by atoms with Crippen molar-refractivity contribution in [1.82, 2.24) is 0 Å². The van der Waals surface area contributed by atoms with Crippen molar-refractivity contribution in [2.75, 3.05) is 0 Å². The van der Waals surface area contributed by atoms with Gasteiger partial charge in [-0.1, -0.05) is 56.9 Å². The van der Waals surface area contributed by atoms with Crippen molar-refractivity contribution in [3.8, 4) is 0 Å². The van der Waals surface area contributed by atoms with E-state index >= 15 is 0 Å². The standard InChI is InChI=1S/C15H27/c1-5-8-12-15(7-3)13-9-11-14(4)10-6-2/h11,13H,4-10,12H2,1-3H3. The van der Waals surface area contributed by atoms with Crippen LogP contribution in [-0.4, -0.2) is 0 Å². The molecule has 0 fully saturated rings. The van der Waals surface area contributed by atoms with Crippen molar-refractivity contribution in [2.24, 2.45) is 0 Å². The average molecular weight is 207 g/mol. The fourth-order valence-corrected chi connectivity index (χ4v) is 1.64. The van der Waals surface area contributed by atoms with E-state index in [-0.39, 0.29) is 0 Å². The van der Waals surface area contributed by atoms with Crippen LogP contribution in [-0.2, 0) is 0 Å². The van der Waals surface area contributed by atoms with Crippen LogP contribution in [0.15, 0.2) is 23.3 Å². The summed E-state index contributed by atoms with van der Waals surface area (Å²) in [5.41, 5.74) is 2.90. The van der Waals surface area contributed by atoms with Gasteiger partial charge in [-0.25, -0.2) is 0 Å². The van der Waals surface area contributed by atoms with Gasteiger partial charge in [-0.15, -0.1) is 0 Å². The summed E-state index contributed by atoms with van der Waals surface area (Å²) in [6, 6.07) is 0. The monoisotopic (exact) mass is 207 g/mol. The van der Waals surface area contributed by atoms with E-state index in [4.69, 9.17) is 0 Å². The van der Waals surface area contributed by atoms with Gasteiger partial charge in [-0.2, -0.15) is 0 Å². The molecule has 0 aliphatic heterocycles.